The zero-order valence-electron chi connectivity index (χ0n) is 10.5. The van der Waals surface area contributed by atoms with E-state index in [0.29, 0.717) is 0 Å². The Morgan fingerprint density at radius 2 is 2.00 bits per heavy atom. The maximum Gasteiger partial charge on any atom is 0.0628 e. The van der Waals surface area contributed by atoms with Crippen LogP contribution in [-0.4, -0.2) is 34.8 Å². The summed E-state index contributed by atoms with van der Waals surface area (Å²) in [6.45, 7) is 4.71. The lowest BCUT2D eigenvalue weighted by molar-refractivity contribution is 0.132. The van der Waals surface area contributed by atoms with Crippen LogP contribution in [0.2, 0.25) is 0 Å². The number of likely N-dealkylation sites (tertiary alicyclic amines) is 1. The van der Waals surface area contributed by atoms with Gasteiger partial charge < -0.3 is 4.90 Å². The van der Waals surface area contributed by atoms with Crippen molar-refractivity contribution in [2.45, 2.75) is 26.2 Å². The second-order valence-corrected chi connectivity index (χ2v) is 5.61. The third kappa shape index (κ3) is 1.49. The van der Waals surface area contributed by atoms with Crippen LogP contribution in [0.25, 0.3) is 0 Å². The summed E-state index contributed by atoms with van der Waals surface area (Å²) in [5, 5.41) is 4.57. The molecule has 0 spiro atoms. The second kappa shape index (κ2) is 3.59. The van der Waals surface area contributed by atoms with Crippen molar-refractivity contribution in [3.05, 3.63) is 17.0 Å². The highest BCUT2D eigenvalue weighted by molar-refractivity contribution is 5.29. The highest BCUT2D eigenvalue weighted by atomic mass is 15.3. The van der Waals surface area contributed by atoms with Gasteiger partial charge in [0, 0.05) is 19.3 Å². The molecule has 0 bridgehead atoms. The number of aryl methyl sites for hydroxylation is 2. The minimum atomic E-state index is 0.870. The van der Waals surface area contributed by atoms with Gasteiger partial charge >= 0.3 is 0 Å². The number of fused-ring (bicyclic) bond motifs is 2. The molecule has 0 radical (unpaired) electrons. The van der Waals surface area contributed by atoms with E-state index in [1.165, 1.54) is 43.7 Å². The van der Waals surface area contributed by atoms with Crippen molar-refractivity contribution in [3.63, 3.8) is 0 Å². The van der Waals surface area contributed by atoms with Gasteiger partial charge in [0.15, 0.2) is 0 Å². The maximum absolute atomic E-state index is 4.57. The third-order valence-electron chi connectivity index (χ3n) is 4.49. The predicted molar refractivity (Wildman–Crippen MR) is 64.4 cm³/mol. The first kappa shape index (κ1) is 10.3. The van der Waals surface area contributed by atoms with E-state index in [1.807, 2.05) is 0 Å². The molecule has 88 valence electrons. The zero-order chi connectivity index (χ0) is 11.3. The van der Waals surface area contributed by atoms with E-state index in [0.717, 1.165) is 11.8 Å². The number of aromatic nitrogens is 2. The van der Waals surface area contributed by atoms with Crippen molar-refractivity contribution in [3.8, 4) is 0 Å². The fraction of sp³-hybridized carbons (Fsp3) is 0.769. The summed E-state index contributed by atoms with van der Waals surface area (Å²) in [6, 6.07) is 0. The number of hydrogen-bond acceptors (Lipinski definition) is 2. The van der Waals surface area contributed by atoms with Crippen molar-refractivity contribution < 1.29 is 0 Å². The average molecular weight is 219 g/mol. The van der Waals surface area contributed by atoms with Gasteiger partial charge in [0.25, 0.3) is 0 Å². The molecule has 2 heterocycles. The molecule has 16 heavy (non-hydrogen) atoms. The topological polar surface area (TPSA) is 21.1 Å². The normalized spacial score (nSPS) is 29.9. The van der Waals surface area contributed by atoms with Crippen molar-refractivity contribution in [1.29, 1.82) is 0 Å². The molecule has 2 atom stereocenters. The molecule has 1 saturated heterocycles. The van der Waals surface area contributed by atoms with E-state index in [-0.39, 0.29) is 0 Å². The van der Waals surface area contributed by atoms with Crippen molar-refractivity contribution in [2.24, 2.45) is 18.9 Å². The molecule has 1 aliphatic carbocycles. The Labute approximate surface area is 97.4 Å². The molecule has 3 nitrogen and oxygen atoms in total. The SMILES string of the molecule is Cc1nn(C)c2c1C[C@@H]1CN(C)CC[C@H]1C2. The lowest BCUT2D eigenvalue weighted by Gasteiger charge is -2.39. The van der Waals surface area contributed by atoms with E-state index in [4.69, 9.17) is 0 Å². The highest BCUT2D eigenvalue weighted by Gasteiger charge is 2.34. The van der Waals surface area contributed by atoms with Crippen LogP contribution in [-0.2, 0) is 19.9 Å². The number of piperidine rings is 1. The van der Waals surface area contributed by atoms with Gasteiger partial charge in [-0.2, -0.15) is 5.10 Å². The third-order valence-corrected chi connectivity index (χ3v) is 4.49. The Morgan fingerprint density at radius 1 is 1.19 bits per heavy atom. The summed E-state index contributed by atoms with van der Waals surface area (Å²) in [7, 11) is 4.35. The van der Waals surface area contributed by atoms with E-state index >= 15 is 0 Å². The first-order valence-corrected chi connectivity index (χ1v) is 6.35. The highest BCUT2D eigenvalue weighted by Crippen LogP contribution is 2.36. The van der Waals surface area contributed by atoms with Gasteiger partial charge in [-0.25, -0.2) is 0 Å². The molecule has 0 unspecified atom stereocenters. The largest absolute Gasteiger partial charge is 0.306 e. The Kier molecular flexibility index (Phi) is 2.32. The molecule has 0 N–H and O–H groups in total. The molecule has 0 aromatic carbocycles. The van der Waals surface area contributed by atoms with Crippen LogP contribution in [0.3, 0.4) is 0 Å². The Balaban J connectivity index is 1.92. The van der Waals surface area contributed by atoms with Crippen molar-refractivity contribution in [2.75, 3.05) is 20.1 Å². The smallest absolute Gasteiger partial charge is 0.0628 e. The molecule has 1 fully saturated rings. The minimum absolute atomic E-state index is 0.870. The number of rotatable bonds is 0. The molecule has 1 aromatic rings. The summed E-state index contributed by atoms with van der Waals surface area (Å²) in [4.78, 5) is 2.48. The lowest BCUT2D eigenvalue weighted by atomic mass is 9.74. The zero-order valence-corrected chi connectivity index (χ0v) is 10.5. The van der Waals surface area contributed by atoms with Crippen LogP contribution in [0, 0.1) is 18.8 Å². The maximum atomic E-state index is 4.57. The van der Waals surface area contributed by atoms with Gasteiger partial charge in [-0.1, -0.05) is 0 Å². The Morgan fingerprint density at radius 3 is 2.81 bits per heavy atom. The quantitative estimate of drug-likeness (QED) is 0.657. The summed E-state index contributed by atoms with van der Waals surface area (Å²) >= 11 is 0. The number of nitrogens with zero attached hydrogens (tertiary/aromatic N) is 3. The standard InChI is InChI=1S/C13H21N3/c1-9-12-6-11-8-15(2)5-4-10(11)7-13(12)16(3)14-9/h10-11H,4-8H2,1-3H3/t10-,11+/m0/s1. The second-order valence-electron chi connectivity index (χ2n) is 5.61. The Bertz CT molecular complexity index is 408. The summed E-state index contributed by atoms with van der Waals surface area (Å²) in [5.74, 6) is 1.77. The molecule has 0 amide bonds. The lowest BCUT2D eigenvalue weighted by Crippen LogP contribution is -2.42. The van der Waals surface area contributed by atoms with Crippen LogP contribution in [0.1, 0.15) is 23.4 Å². The van der Waals surface area contributed by atoms with Gasteiger partial charge in [-0.15, -0.1) is 0 Å². The van der Waals surface area contributed by atoms with Crippen LogP contribution < -0.4 is 0 Å². The number of hydrogen-bond donors (Lipinski definition) is 0. The van der Waals surface area contributed by atoms with E-state index in [1.54, 1.807) is 5.56 Å². The van der Waals surface area contributed by atoms with Crippen LogP contribution in [0.4, 0.5) is 0 Å². The van der Waals surface area contributed by atoms with Gasteiger partial charge in [0.1, 0.15) is 0 Å². The first-order valence-electron chi connectivity index (χ1n) is 6.35. The molecular weight excluding hydrogens is 198 g/mol. The fourth-order valence-electron chi connectivity index (χ4n) is 3.54. The van der Waals surface area contributed by atoms with E-state index in [2.05, 4.69) is 35.7 Å². The molecule has 3 heteroatoms. The molecule has 1 aromatic heterocycles. The minimum Gasteiger partial charge on any atom is -0.306 e. The Hall–Kier alpha value is -0.830. The predicted octanol–water partition coefficient (Wildman–Crippen LogP) is 1.40. The first-order chi connectivity index (χ1) is 7.65. The van der Waals surface area contributed by atoms with Gasteiger partial charge in [-0.3, -0.25) is 4.68 Å². The summed E-state index contributed by atoms with van der Waals surface area (Å²) in [6.07, 6.45) is 3.88. The fourth-order valence-corrected chi connectivity index (χ4v) is 3.54. The average Bonchev–Trinajstić information content (AvgIpc) is 2.52. The summed E-state index contributed by atoms with van der Waals surface area (Å²) < 4.78 is 2.11. The molecule has 2 aliphatic rings. The molecule has 1 aliphatic heterocycles. The van der Waals surface area contributed by atoms with Gasteiger partial charge in [-0.05, 0) is 57.2 Å². The van der Waals surface area contributed by atoms with Crippen LogP contribution in [0.15, 0.2) is 0 Å². The molecule has 3 rings (SSSR count). The monoisotopic (exact) mass is 219 g/mol. The van der Waals surface area contributed by atoms with Crippen molar-refractivity contribution >= 4 is 0 Å². The molecular formula is C13H21N3. The van der Waals surface area contributed by atoms with Crippen molar-refractivity contribution in [1.82, 2.24) is 14.7 Å². The van der Waals surface area contributed by atoms with E-state index in [9.17, 15) is 0 Å². The van der Waals surface area contributed by atoms with Gasteiger partial charge in [0.05, 0.1) is 5.69 Å². The van der Waals surface area contributed by atoms with Crippen LogP contribution >= 0.6 is 0 Å². The van der Waals surface area contributed by atoms with E-state index < -0.39 is 0 Å². The summed E-state index contributed by atoms with van der Waals surface area (Å²) in [5.41, 5.74) is 4.30. The van der Waals surface area contributed by atoms with Gasteiger partial charge in [0.2, 0.25) is 0 Å². The molecule has 0 saturated carbocycles. The van der Waals surface area contributed by atoms with Crippen LogP contribution in [0.5, 0.6) is 0 Å².